The summed E-state index contributed by atoms with van der Waals surface area (Å²) >= 11 is 3.83. The molecular formula is C42H26N2S2. The first-order valence-electron chi connectivity index (χ1n) is 15.5. The molecule has 0 aliphatic heterocycles. The maximum Gasteiger partial charge on any atom is 0.0556 e. The number of nitrogens with zero attached hydrogens (tertiary/aromatic N) is 2. The number of fused-ring (bicyclic) bond motifs is 11. The van der Waals surface area contributed by atoms with Gasteiger partial charge in [-0.2, -0.15) is 0 Å². The van der Waals surface area contributed by atoms with Gasteiger partial charge in [-0.3, -0.25) is 0 Å². The molecule has 0 saturated heterocycles. The van der Waals surface area contributed by atoms with Crippen LogP contribution in [-0.2, 0) is 0 Å². The first-order chi connectivity index (χ1) is 22.8. The number of hydrogen-bond acceptors (Lipinski definition) is 3. The van der Waals surface area contributed by atoms with E-state index in [0.29, 0.717) is 0 Å². The molecule has 0 spiro atoms. The molecule has 0 atom stereocenters. The summed E-state index contributed by atoms with van der Waals surface area (Å²) in [6.07, 6.45) is 0. The molecule has 0 radical (unpaired) electrons. The number of rotatable bonds is 4. The lowest BCUT2D eigenvalue weighted by molar-refractivity contribution is 1.18. The van der Waals surface area contributed by atoms with E-state index in [9.17, 15) is 0 Å². The van der Waals surface area contributed by atoms with Crippen LogP contribution >= 0.6 is 22.7 Å². The van der Waals surface area contributed by atoms with Crippen molar-refractivity contribution in [3.8, 4) is 5.69 Å². The Morgan fingerprint density at radius 2 is 0.804 bits per heavy atom. The first-order valence-corrected chi connectivity index (χ1v) is 17.2. The predicted molar refractivity (Wildman–Crippen MR) is 201 cm³/mol. The molecule has 10 rings (SSSR count). The van der Waals surface area contributed by atoms with Gasteiger partial charge in [0.2, 0.25) is 0 Å². The van der Waals surface area contributed by atoms with Crippen LogP contribution in [0.2, 0.25) is 0 Å². The number of benzene rings is 7. The van der Waals surface area contributed by atoms with Gasteiger partial charge >= 0.3 is 0 Å². The second kappa shape index (κ2) is 10.0. The number of anilines is 3. The maximum atomic E-state index is 2.47. The largest absolute Gasteiger partial charge is 0.311 e. The molecule has 0 amide bonds. The number of thiophene rings is 2. The molecule has 46 heavy (non-hydrogen) atoms. The Morgan fingerprint density at radius 1 is 0.370 bits per heavy atom. The lowest BCUT2D eigenvalue weighted by Gasteiger charge is -2.25. The van der Waals surface area contributed by atoms with Crippen LogP contribution in [-0.4, -0.2) is 4.57 Å². The molecule has 7 aromatic carbocycles. The summed E-state index contributed by atoms with van der Waals surface area (Å²) in [4.78, 5) is 2.32. The number of para-hydroxylation sites is 2. The van der Waals surface area contributed by atoms with Gasteiger partial charge in [0.1, 0.15) is 0 Å². The van der Waals surface area contributed by atoms with E-state index in [2.05, 4.69) is 167 Å². The molecule has 0 aliphatic rings. The Morgan fingerprint density at radius 3 is 1.30 bits per heavy atom. The van der Waals surface area contributed by atoms with Gasteiger partial charge in [-0.25, -0.2) is 0 Å². The Labute approximate surface area is 273 Å². The normalized spacial score (nSPS) is 11.9. The van der Waals surface area contributed by atoms with E-state index in [1.165, 1.54) is 62.2 Å². The topological polar surface area (TPSA) is 8.17 Å². The Balaban J connectivity index is 1.26. The SMILES string of the molecule is c1ccc(N(c2ccccc2)c2ccc(-n3c4ccc5c6ccccc6sc5c4c4c5sc6ccccc6c5ccc43)cc2)cc1. The Hall–Kier alpha value is -5.42. The molecule has 0 bridgehead atoms. The quantitative estimate of drug-likeness (QED) is 0.190. The fourth-order valence-electron chi connectivity index (χ4n) is 7.17. The summed E-state index contributed by atoms with van der Waals surface area (Å²) in [6.45, 7) is 0. The van der Waals surface area contributed by atoms with Gasteiger partial charge < -0.3 is 9.47 Å². The molecule has 2 nitrogen and oxygen atoms in total. The van der Waals surface area contributed by atoms with Crippen molar-refractivity contribution in [3.63, 3.8) is 0 Å². The monoisotopic (exact) mass is 622 g/mol. The van der Waals surface area contributed by atoms with Gasteiger partial charge in [-0.1, -0.05) is 84.9 Å². The van der Waals surface area contributed by atoms with Crippen molar-refractivity contribution in [2.45, 2.75) is 0 Å². The van der Waals surface area contributed by atoms with Crippen molar-refractivity contribution >= 4 is 102 Å². The van der Waals surface area contributed by atoms with Crippen LogP contribution in [0.3, 0.4) is 0 Å². The molecule has 10 aromatic rings. The van der Waals surface area contributed by atoms with E-state index in [-0.39, 0.29) is 0 Å². The summed E-state index contributed by atoms with van der Waals surface area (Å²) in [5, 5.41) is 8.04. The average molecular weight is 623 g/mol. The third-order valence-corrected chi connectivity index (χ3v) is 11.6. The Bertz CT molecular complexity index is 2570. The highest BCUT2D eigenvalue weighted by molar-refractivity contribution is 7.28. The summed E-state index contributed by atoms with van der Waals surface area (Å²) in [5.74, 6) is 0. The summed E-state index contributed by atoms with van der Waals surface area (Å²) < 4.78 is 7.87. The fraction of sp³-hybridized carbons (Fsp3) is 0. The fourth-order valence-corrected chi connectivity index (χ4v) is 9.68. The van der Waals surface area contributed by atoms with Gasteiger partial charge in [0, 0.05) is 73.9 Å². The molecule has 3 heterocycles. The van der Waals surface area contributed by atoms with Gasteiger partial charge in [0.15, 0.2) is 0 Å². The van der Waals surface area contributed by atoms with Crippen LogP contribution in [0, 0.1) is 0 Å². The molecule has 3 aromatic heterocycles. The van der Waals surface area contributed by atoms with Crippen molar-refractivity contribution in [1.82, 2.24) is 4.57 Å². The molecule has 0 fully saturated rings. The summed E-state index contributed by atoms with van der Waals surface area (Å²) in [5.41, 5.74) is 7.05. The minimum Gasteiger partial charge on any atom is -0.311 e. The van der Waals surface area contributed by atoms with E-state index in [0.717, 1.165) is 22.7 Å². The first kappa shape index (κ1) is 25.9. The van der Waals surface area contributed by atoms with Gasteiger partial charge in [-0.15, -0.1) is 22.7 Å². The molecule has 0 unspecified atom stereocenters. The minimum atomic E-state index is 1.13. The molecule has 0 saturated carbocycles. The smallest absolute Gasteiger partial charge is 0.0556 e. The summed E-state index contributed by atoms with van der Waals surface area (Å²) in [6, 6.07) is 57.2. The molecule has 0 aliphatic carbocycles. The highest BCUT2D eigenvalue weighted by atomic mass is 32.1. The minimum absolute atomic E-state index is 1.13. The zero-order valence-electron chi connectivity index (χ0n) is 24.7. The van der Waals surface area contributed by atoms with Gasteiger partial charge in [0.05, 0.1) is 11.0 Å². The third kappa shape index (κ3) is 3.75. The standard InChI is InChI=1S/C42H26N2S2/c1-3-11-27(12-4-1)43(28-13-5-2-6-14-28)29-19-21-30(22-20-29)44-35-25-23-33-31-15-7-9-17-37(31)45-41(33)39(35)40-36(44)26-24-34-32-16-8-10-18-38(32)46-42(34)40/h1-26H. The van der Waals surface area contributed by atoms with Crippen LogP contribution in [0.5, 0.6) is 0 Å². The molecule has 0 N–H and O–H groups in total. The van der Waals surface area contributed by atoms with E-state index in [4.69, 9.17) is 0 Å². The summed E-state index contributed by atoms with van der Waals surface area (Å²) in [7, 11) is 0. The third-order valence-electron chi connectivity index (χ3n) is 9.18. The second-order valence-corrected chi connectivity index (χ2v) is 13.8. The predicted octanol–water partition coefficient (Wildman–Crippen LogP) is 13.0. The highest BCUT2D eigenvalue weighted by Crippen LogP contribution is 2.48. The van der Waals surface area contributed by atoms with Crippen LogP contribution in [0.1, 0.15) is 0 Å². The van der Waals surface area contributed by atoms with Crippen molar-refractivity contribution in [2.24, 2.45) is 0 Å². The van der Waals surface area contributed by atoms with Crippen molar-refractivity contribution in [2.75, 3.05) is 4.90 Å². The average Bonchev–Trinajstić information content (AvgIpc) is 3.79. The van der Waals surface area contributed by atoms with E-state index in [1.54, 1.807) is 0 Å². The number of hydrogen-bond donors (Lipinski definition) is 0. The molecule has 4 heteroatoms. The number of aromatic nitrogens is 1. The van der Waals surface area contributed by atoms with Crippen LogP contribution in [0.4, 0.5) is 17.1 Å². The Kier molecular flexibility index (Phi) is 5.65. The van der Waals surface area contributed by atoms with Gasteiger partial charge in [0.25, 0.3) is 0 Å². The van der Waals surface area contributed by atoms with E-state index >= 15 is 0 Å². The zero-order valence-corrected chi connectivity index (χ0v) is 26.4. The zero-order chi connectivity index (χ0) is 30.2. The molecule has 216 valence electrons. The van der Waals surface area contributed by atoms with Crippen molar-refractivity contribution < 1.29 is 0 Å². The van der Waals surface area contributed by atoms with Crippen LogP contribution in [0.15, 0.2) is 158 Å². The second-order valence-electron chi connectivity index (χ2n) is 11.7. The van der Waals surface area contributed by atoms with E-state index in [1.807, 2.05) is 22.7 Å². The van der Waals surface area contributed by atoms with Crippen molar-refractivity contribution in [3.05, 3.63) is 158 Å². The van der Waals surface area contributed by atoms with Gasteiger partial charge in [-0.05, 0) is 72.8 Å². The maximum absolute atomic E-state index is 2.47. The lowest BCUT2D eigenvalue weighted by Crippen LogP contribution is -2.09. The highest BCUT2D eigenvalue weighted by Gasteiger charge is 2.21. The van der Waals surface area contributed by atoms with Crippen LogP contribution < -0.4 is 4.90 Å². The van der Waals surface area contributed by atoms with Crippen molar-refractivity contribution in [1.29, 1.82) is 0 Å². The van der Waals surface area contributed by atoms with E-state index < -0.39 is 0 Å². The molecular weight excluding hydrogens is 597 g/mol. The lowest BCUT2D eigenvalue weighted by atomic mass is 10.1. The van der Waals surface area contributed by atoms with Crippen LogP contribution in [0.25, 0.3) is 67.8 Å².